The summed E-state index contributed by atoms with van der Waals surface area (Å²) in [5.41, 5.74) is 2.96. The Hall–Kier alpha value is -4.39. The van der Waals surface area contributed by atoms with Crippen LogP contribution in [0.25, 0.3) is 11.1 Å². The smallest absolute Gasteiger partial charge is 0.414 e. The van der Waals surface area contributed by atoms with Crippen molar-refractivity contribution in [2.75, 3.05) is 38.2 Å². The van der Waals surface area contributed by atoms with Crippen LogP contribution in [0.5, 0.6) is 0 Å². The SMILES string of the molecule is CCN(C)CC(=O)O.O=C1OC(Cn2ccnn2)CN1c1ccc(-c2ccc(C3=NOCC3)nc2)c(F)c1. The molecular weight excluding hydrogens is 497 g/mol. The number of pyridine rings is 1. The van der Waals surface area contributed by atoms with E-state index in [0.29, 0.717) is 48.6 Å². The second-order valence-corrected chi connectivity index (χ2v) is 8.68. The van der Waals surface area contributed by atoms with E-state index in [0.717, 1.165) is 12.3 Å². The predicted octanol–water partition coefficient (Wildman–Crippen LogP) is 2.65. The molecular formula is C25H28FN7O5. The molecule has 13 heteroatoms. The van der Waals surface area contributed by atoms with Crippen molar-refractivity contribution in [3.05, 3.63) is 60.4 Å². The van der Waals surface area contributed by atoms with Gasteiger partial charge in [-0.05, 0) is 37.9 Å². The standard InChI is InChI=1S/C20H17FN6O3.C5H11NO2/c21-17-9-14(27-12-15(30-20(27)28)11-26-7-6-23-25-26)2-3-16(17)13-1-4-18(22-10-13)19-5-8-29-24-19;1-3-6(2)4-5(7)8/h1-4,6-7,9-10,15H,5,8,11-12H2;3-4H2,1-2H3,(H,7,8). The number of cyclic esters (lactones) is 1. The monoisotopic (exact) mass is 525 g/mol. The molecule has 2 aromatic heterocycles. The number of ether oxygens (including phenoxy) is 1. The number of benzene rings is 1. The number of hydrogen-bond acceptors (Lipinski definition) is 9. The summed E-state index contributed by atoms with van der Waals surface area (Å²) >= 11 is 0. The van der Waals surface area contributed by atoms with Gasteiger partial charge in [0.1, 0.15) is 24.2 Å². The number of rotatable bonds is 8. The minimum Gasteiger partial charge on any atom is -0.480 e. The average Bonchev–Trinajstić information content (AvgIpc) is 3.67. The third-order valence-electron chi connectivity index (χ3n) is 5.92. The molecule has 4 heterocycles. The zero-order chi connectivity index (χ0) is 27.1. The van der Waals surface area contributed by atoms with Crippen molar-refractivity contribution in [3.63, 3.8) is 0 Å². The third-order valence-corrected chi connectivity index (χ3v) is 5.92. The number of amides is 1. The van der Waals surface area contributed by atoms with Gasteiger partial charge in [-0.15, -0.1) is 5.10 Å². The number of carbonyl (C=O) groups excluding carboxylic acids is 1. The van der Waals surface area contributed by atoms with Gasteiger partial charge < -0.3 is 14.7 Å². The number of halogens is 1. The molecule has 1 saturated heterocycles. The van der Waals surface area contributed by atoms with E-state index in [9.17, 15) is 14.0 Å². The molecule has 1 fully saturated rings. The molecule has 1 amide bonds. The Morgan fingerprint density at radius 1 is 1.29 bits per heavy atom. The first kappa shape index (κ1) is 26.7. The van der Waals surface area contributed by atoms with Crippen molar-refractivity contribution in [3.8, 4) is 11.1 Å². The largest absolute Gasteiger partial charge is 0.480 e. The van der Waals surface area contributed by atoms with Crippen LogP contribution in [0.1, 0.15) is 19.0 Å². The second-order valence-electron chi connectivity index (χ2n) is 8.68. The number of carbonyl (C=O) groups is 2. The fourth-order valence-corrected chi connectivity index (χ4v) is 3.83. The van der Waals surface area contributed by atoms with Gasteiger partial charge in [0.25, 0.3) is 0 Å². The molecule has 12 nitrogen and oxygen atoms in total. The number of carboxylic acid groups (broad SMARTS) is 1. The molecule has 0 saturated carbocycles. The molecule has 1 atom stereocenters. The molecule has 3 aromatic rings. The fourth-order valence-electron chi connectivity index (χ4n) is 3.83. The summed E-state index contributed by atoms with van der Waals surface area (Å²) in [6, 6.07) is 8.25. The number of oxime groups is 1. The molecule has 2 aliphatic heterocycles. The molecule has 0 spiro atoms. The number of carboxylic acids is 1. The molecule has 2 aliphatic rings. The zero-order valence-corrected chi connectivity index (χ0v) is 21.0. The van der Waals surface area contributed by atoms with Gasteiger partial charge in [0.15, 0.2) is 0 Å². The first-order valence-corrected chi connectivity index (χ1v) is 12.0. The van der Waals surface area contributed by atoms with Gasteiger partial charge in [-0.1, -0.05) is 23.4 Å². The molecule has 200 valence electrons. The van der Waals surface area contributed by atoms with Crippen LogP contribution in [-0.2, 0) is 20.9 Å². The topological polar surface area (TPSA) is 135 Å². The van der Waals surface area contributed by atoms with Gasteiger partial charge in [-0.25, -0.2) is 13.9 Å². The maximum atomic E-state index is 14.8. The van der Waals surface area contributed by atoms with Crippen molar-refractivity contribution in [2.45, 2.75) is 26.0 Å². The van der Waals surface area contributed by atoms with E-state index in [1.165, 1.54) is 11.0 Å². The molecule has 1 N–H and O–H groups in total. The Morgan fingerprint density at radius 3 is 2.71 bits per heavy atom. The minimum absolute atomic E-state index is 0.135. The maximum absolute atomic E-state index is 14.8. The van der Waals surface area contributed by atoms with Crippen molar-refractivity contribution in [1.82, 2.24) is 24.9 Å². The van der Waals surface area contributed by atoms with Crippen LogP contribution in [0.15, 0.2) is 54.1 Å². The van der Waals surface area contributed by atoms with Crippen LogP contribution in [0.4, 0.5) is 14.9 Å². The van der Waals surface area contributed by atoms with Crippen molar-refractivity contribution >= 4 is 23.5 Å². The molecule has 1 unspecified atom stereocenters. The quantitative estimate of drug-likeness (QED) is 0.471. The van der Waals surface area contributed by atoms with Crippen LogP contribution >= 0.6 is 0 Å². The normalized spacial score (nSPS) is 16.5. The number of aromatic nitrogens is 4. The highest BCUT2D eigenvalue weighted by Crippen LogP contribution is 2.29. The molecule has 0 radical (unpaired) electrons. The molecule has 0 aliphatic carbocycles. The average molecular weight is 526 g/mol. The first-order chi connectivity index (χ1) is 18.3. The highest BCUT2D eigenvalue weighted by molar-refractivity contribution is 5.99. The van der Waals surface area contributed by atoms with Crippen LogP contribution in [-0.4, -0.2) is 87.2 Å². The summed E-state index contributed by atoms with van der Waals surface area (Å²) in [6.45, 7) is 4.08. The molecule has 5 rings (SSSR count). The van der Waals surface area contributed by atoms with E-state index in [-0.39, 0.29) is 12.6 Å². The van der Waals surface area contributed by atoms with Gasteiger partial charge in [-0.2, -0.15) is 0 Å². The summed E-state index contributed by atoms with van der Waals surface area (Å²) in [7, 11) is 1.77. The highest BCUT2D eigenvalue weighted by atomic mass is 19.1. The van der Waals surface area contributed by atoms with Gasteiger partial charge in [0.05, 0.1) is 37.2 Å². The predicted molar refractivity (Wildman–Crippen MR) is 135 cm³/mol. The second kappa shape index (κ2) is 12.2. The Labute approximate surface area is 218 Å². The summed E-state index contributed by atoms with van der Waals surface area (Å²) in [6.07, 6.45) is 4.65. The highest BCUT2D eigenvalue weighted by Gasteiger charge is 2.33. The lowest BCUT2D eigenvalue weighted by atomic mass is 10.0. The Morgan fingerprint density at radius 2 is 2.13 bits per heavy atom. The van der Waals surface area contributed by atoms with Gasteiger partial charge in [-0.3, -0.25) is 19.6 Å². The fraction of sp³-hybridized carbons (Fsp3) is 0.360. The van der Waals surface area contributed by atoms with E-state index in [1.54, 1.807) is 59.5 Å². The third kappa shape index (κ3) is 6.68. The molecule has 1 aromatic carbocycles. The van der Waals surface area contributed by atoms with Crippen molar-refractivity contribution in [2.24, 2.45) is 5.16 Å². The summed E-state index contributed by atoms with van der Waals surface area (Å²) in [5.74, 6) is -1.22. The van der Waals surface area contributed by atoms with E-state index >= 15 is 0 Å². The summed E-state index contributed by atoms with van der Waals surface area (Å²) in [5, 5.41) is 19.7. The van der Waals surface area contributed by atoms with Crippen molar-refractivity contribution < 1.29 is 28.7 Å². The van der Waals surface area contributed by atoms with Gasteiger partial charge in [0.2, 0.25) is 0 Å². The Kier molecular flexibility index (Phi) is 8.58. The Bertz CT molecular complexity index is 1280. The van der Waals surface area contributed by atoms with Crippen LogP contribution < -0.4 is 4.90 Å². The number of anilines is 1. The lowest BCUT2D eigenvalue weighted by Crippen LogP contribution is -2.26. The van der Waals surface area contributed by atoms with Crippen LogP contribution in [0.3, 0.4) is 0 Å². The number of hydrogen-bond donors (Lipinski definition) is 1. The Balaban J connectivity index is 0.000000368. The van der Waals surface area contributed by atoms with E-state index in [4.69, 9.17) is 14.7 Å². The van der Waals surface area contributed by atoms with Crippen LogP contribution in [0, 0.1) is 5.82 Å². The van der Waals surface area contributed by atoms with E-state index in [1.807, 2.05) is 6.92 Å². The van der Waals surface area contributed by atoms with Crippen molar-refractivity contribution in [1.29, 1.82) is 0 Å². The van der Waals surface area contributed by atoms with Gasteiger partial charge >= 0.3 is 12.1 Å². The molecule has 0 bridgehead atoms. The summed E-state index contributed by atoms with van der Waals surface area (Å²) < 4.78 is 21.8. The summed E-state index contributed by atoms with van der Waals surface area (Å²) in [4.78, 5) is 34.7. The molecule has 38 heavy (non-hydrogen) atoms. The first-order valence-electron chi connectivity index (χ1n) is 12.0. The lowest BCUT2D eigenvalue weighted by Gasteiger charge is -2.14. The number of aliphatic carboxylic acids is 1. The number of nitrogens with zero attached hydrogens (tertiary/aromatic N) is 7. The van der Waals surface area contributed by atoms with E-state index in [2.05, 4.69) is 20.5 Å². The van der Waals surface area contributed by atoms with Crippen LogP contribution in [0.2, 0.25) is 0 Å². The van der Waals surface area contributed by atoms with Gasteiger partial charge in [0, 0.05) is 29.9 Å². The zero-order valence-electron chi connectivity index (χ0n) is 21.0. The minimum atomic E-state index is -0.769. The van der Waals surface area contributed by atoms with E-state index < -0.39 is 17.9 Å². The lowest BCUT2D eigenvalue weighted by molar-refractivity contribution is -0.137. The maximum Gasteiger partial charge on any atom is 0.414 e. The number of likely N-dealkylation sites (N-methyl/N-ethyl adjacent to an activating group) is 1.